The molecule has 0 radical (unpaired) electrons. The first-order valence-corrected chi connectivity index (χ1v) is 5.95. The number of hydrogen-bond donors (Lipinski definition) is 2. The van der Waals surface area contributed by atoms with Gasteiger partial charge in [0.05, 0.1) is 17.4 Å². The van der Waals surface area contributed by atoms with Crippen molar-refractivity contribution < 1.29 is 4.74 Å². The van der Waals surface area contributed by atoms with Crippen LogP contribution in [0.4, 0.5) is 11.5 Å². The average molecular weight is 241 g/mol. The molecule has 0 fully saturated rings. The van der Waals surface area contributed by atoms with Crippen LogP contribution in [0.2, 0.25) is 0 Å². The van der Waals surface area contributed by atoms with Crippen molar-refractivity contribution in [3.8, 4) is 5.75 Å². The van der Waals surface area contributed by atoms with E-state index >= 15 is 0 Å². The molecule has 1 atom stereocenters. The Balaban J connectivity index is 1.84. The van der Waals surface area contributed by atoms with Crippen LogP contribution in [0.25, 0.3) is 0 Å². The molecule has 0 aliphatic carbocycles. The van der Waals surface area contributed by atoms with E-state index in [2.05, 4.69) is 16.4 Å². The van der Waals surface area contributed by atoms with E-state index in [1.807, 2.05) is 37.3 Å². The quantitative estimate of drug-likeness (QED) is 0.848. The zero-order valence-corrected chi connectivity index (χ0v) is 10.2. The van der Waals surface area contributed by atoms with E-state index in [1.165, 1.54) is 5.56 Å². The summed E-state index contributed by atoms with van der Waals surface area (Å²) < 4.78 is 5.62. The van der Waals surface area contributed by atoms with E-state index in [1.54, 1.807) is 0 Å². The minimum atomic E-state index is 0.150. The van der Waals surface area contributed by atoms with Gasteiger partial charge in [-0.15, -0.1) is 0 Å². The Morgan fingerprint density at radius 3 is 2.94 bits per heavy atom. The van der Waals surface area contributed by atoms with Crippen molar-refractivity contribution in [1.29, 1.82) is 0 Å². The van der Waals surface area contributed by atoms with Crippen LogP contribution in [0.15, 0.2) is 36.4 Å². The maximum Gasteiger partial charge on any atom is 0.126 e. The highest BCUT2D eigenvalue weighted by Crippen LogP contribution is 2.33. The lowest BCUT2D eigenvalue weighted by Crippen LogP contribution is -2.13. The Kier molecular flexibility index (Phi) is 2.55. The third kappa shape index (κ3) is 1.86. The number of hydrogen-bond acceptors (Lipinski definition) is 4. The molecular weight excluding hydrogens is 226 g/mol. The summed E-state index contributed by atoms with van der Waals surface area (Å²) in [5, 5.41) is 3.37. The van der Waals surface area contributed by atoms with Gasteiger partial charge in [0, 0.05) is 5.56 Å². The fourth-order valence-corrected chi connectivity index (χ4v) is 2.11. The molecule has 18 heavy (non-hydrogen) atoms. The van der Waals surface area contributed by atoms with E-state index in [0.29, 0.717) is 12.3 Å². The number of aryl methyl sites for hydroxylation is 1. The summed E-state index contributed by atoms with van der Waals surface area (Å²) in [6, 6.07) is 12.0. The summed E-state index contributed by atoms with van der Waals surface area (Å²) in [7, 11) is 0. The highest BCUT2D eigenvalue weighted by atomic mass is 16.5. The van der Waals surface area contributed by atoms with Crippen LogP contribution in [-0.2, 0) is 0 Å². The molecule has 3 rings (SSSR count). The lowest BCUT2D eigenvalue weighted by atomic mass is 10.1. The third-order valence-electron chi connectivity index (χ3n) is 3.15. The largest absolute Gasteiger partial charge is 0.491 e. The van der Waals surface area contributed by atoms with E-state index in [0.717, 1.165) is 17.3 Å². The summed E-state index contributed by atoms with van der Waals surface area (Å²) in [5.74, 6) is 1.77. The lowest BCUT2D eigenvalue weighted by molar-refractivity contribution is 0.339. The minimum absolute atomic E-state index is 0.150. The zero-order chi connectivity index (χ0) is 12.5. The molecule has 1 aliphatic rings. The Hall–Kier alpha value is -2.23. The number of fused-ring (bicyclic) bond motifs is 1. The number of nitrogens with zero attached hydrogens (tertiary/aromatic N) is 1. The minimum Gasteiger partial charge on any atom is -0.491 e. The Morgan fingerprint density at radius 2 is 2.11 bits per heavy atom. The van der Waals surface area contributed by atoms with Gasteiger partial charge < -0.3 is 15.8 Å². The number of anilines is 2. The number of benzene rings is 1. The molecule has 2 heterocycles. The van der Waals surface area contributed by atoms with Gasteiger partial charge in [0.1, 0.15) is 18.2 Å². The predicted molar refractivity (Wildman–Crippen MR) is 71.7 cm³/mol. The monoisotopic (exact) mass is 241 g/mol. The van der Waals surface area contributed by atoms with Gasteiger partial charge in [0.25, 0.3) is 0 Å². The second kappa shape index (κ2) is 4.22. The highest BCUT2D eigenvalue weighted by molar-refractivity contribution is 5.51. The second-order valence-electron chi connectivity index (χ2n) is 4.42. The van der Waals surface area contributed by atoms with Crippen LogP contribution in [0.1, 0.15) is 17.3 Å². The smallest absolute Gasteiger partial charge is 0.126 e. The SMILES string of the molecule is Cc1nc(NC2COc3ccccc32)ccc1N. The first-order valence-electron chi connectivity index (χ1n) is 5.95. The summed E-state index contributed by atoms with van der Waals surface area (Å²) in [6.45, 7) is 2.53. The topological polar surface area (TPSA) is 60.2 Å². The summed E-state index contributed by atoms with van der Waals surface area (Å²) in [6.07, 6.45) is 0. The normalized spacial score (nSPS) is 17.1. The Morgan fingerprint density at radius 1 is 1.28 bits per heavy atom. The van der Waals surface area contributed by atoms with Crippen molar-refractivity contribution in [1.82, 2.24) is 4.98 Å². The van der Waals surface area contributed by atoms with Crippen LogP contribution in [0.3, 0.4) is 0 Å². The third-order valence-corrected chi connectivity index (χ3v) is 3.15. The van der Waals surface area contributed by atoms with E-state index in [9.17, 15) is 0 Å². The molecule has 0 saturated carbocycles. The van der Waals surface area contributed by atoms with Crippen molar-refractivity contribution in [2.75, 3.05) is 17.7 Å². The van der Waals surface area contributed by atoms with Gasteiger partial charge in [-0.2, -0.15) is 0 Å². The summed E-state index contributed by atoms with van der Waals surface area (Å²) in [4.78, 5) is 4.42. The van der Waals surface area contributed by atoms with Gasteiger partial charge >= 0.3 is 0 Å². The van der Waals surface area contributed by atoms with Crippen LogP contribution in [0, 0.1) is 6.92 Å². The summed E-state index contributed by atoms with van der Waals surface area (Å²) >= 11 is 0. The number of nitrogens with one attached hydrogen (secondary N) is 1. The van der Waals surface area contributed by atoms with Crippen LogP contribution < -0.4 is 15.8 Å². The molecule has 1 aromatic carbocycles. The van der Waals surface area contributed by atoms with Crippen molar-refractivity contribution >= 4 is 11.5 Å². The van der Waals surface area contributed by atoms with Gasteiger partial charge in [-0.25, -0.2) is 4.98 Å². The Labute approximate surface area is 106 Å². The maximum absolute atomic E-state index is 5.76. The van der Waals surface area contributed by atoms with E-state index in [-0.39, 0.29) is 6.04 Å². The Bertz CT molecular complexity index is 583. The van der Waals surface area contributed by atoms with Gasteiger partial charge in [0.2, 0.25) is 0 Å². The standard InChI is InChI=1S/C14H15N3O/c1-9-11(15)6-7-14(16-9)17-12-8-18-13-5-3-2-4-10(12)13/h2-7,12H,8,15H2,1H3,(H,16,17). The van der Waals surface area contributed by atoms with Crippen molar-refractivity contribution in [3.63, 3.8) is 0 Å². The van der Waals surface area contributed by atoms with Gasteiger partial charge in [-0.3, -0.25) is 0 Å². The molecule has 92 valence electrons. The molecule has 1 aromatic heterocycles. The fourth-order valence-electron chi connectivity index (χ4n) is 2.11. The summed E-state index contributed by atoms with van der Waals surface area (Å²) in [5.41, 5.74) is 8.48. The fraction of sp³-hybridized carbons (Fsp3) is 0.214. The second-order valence-corrected chi connectivity index (χ2v) is 4.42. The zero-order valence-electron chi connectivity index (χ0n) is 10.2. The number of aromatic nitrogens is 1. The van der Waals surface area contributed by atoms with Crippen molar-refractivity contribution in [3.05, 3.63) is 47.7 Å². The lowest BCUT2D eigenvalue weighted by Gasteiger charge is -2.13. The van der Waals surface area contributed by atoms with Crippen LogP contribution in [0.5, 0.6) is 5.75 Å². The van der Waals surface area contributed by atoms with E-state index in [4.69, 9.17) is 10.5 Å². The molecule has 0 bridgehead atoms. The molecule has 1 aliphatic heterocycles. The number of para-hydroxylation sites is 1. The van der Waals surface area contributed by atoms with Crippen LogP contribution in [-0.4, -0.2) is 11.6 Å². The number of nitrogen functional groups attached to an aromatic ring is 1. The first kappa shape index (κ1) is 10.9. The highest BCUT2D eigenvalue weighted by Gasteiger charge is 2.23. The number of nitrogens with two attached hydrogens (primary N) is 1. The molecule has 0 saturated heterocycles. The van der Waals surface area contributed by atoms with Crippen molar-refractivity contribution in [2.24, 2.45) is 0 Å². The number of rotatable bonds is 2. The molecule has 0 spiro atoms. The average Bonchev–Trinajstić information content (AvgIpc) is 2.78. The molecule has 4 nitrogen and oxygen atoms in total. The first-order chi connectivity index (χ1) is 8.74. The van der Waals surface area contributed by atoms with E-state index < -0.39 is 0 Å². The maximum atomic E-state index is 5.76. The van der Waals surface area contributed by atoms with Gasteiger partial charge in [-0.1, -0.05) is 18.2 Å². The molecule has 4 heteroatoms. The van der Waals surface area contributed by atoms with Gasteiger partial charge in [-0.05, 0) is 25.1 Å². The molecule has 2 aromatic rings. The van der Waals surface area contributed by atoms with Crippen LogP contribution >= 0.6 is 0 Å². The molecule has 0 amide bonds. The number of pyridine rings is 1. The van der Waals surface area contributed by atoms with Gasteiger partial charge in [0.15, 0.2) is 0 Å². The number of ether oxygens (including phenoxy) is 1. The van der Waals surface area contributed by atoms with Crippen molar-refractivity contribution in [2.45, 2.75) is 13.0 Å². The molecular formula is C14H15N3O. The predicted octanol–water partition coefficient (Wildman–Crippen LogP) is 2.52. The molecule has 3 N–H and O–H groups in total. The molecule has 1 unspecified atom stereocenters.